The summed E-state index contributed by atoms with van der Waals surface area (Å²) in [6.07, 6.45) is -1.07. The number of esters is 1. The normalized spacial score (nSPS) is 14.9. The molecular formula is C50H74N2O20. The van der Waals surface area contributed by atoms with Crippen LogP contribution in [0, 0.1) is 0 Å². The van der Waals surface area contributed by atoms with Gasteiger partial charge < -0.3 is 85.1 Å². The molecule has 22 heteroatoms. The number of carbonyl (C=O) groups excluding carboxylic acids is 2. The van der Waals surface area contributed by atoms with E-state index in [9.17, 15) is 14.4 Å². The van der Waals surface area contributed by atoms with Crippen molar-refractivity contribution < 1.29 is 90.1 Å². The molecular weight excluding hydrogens is 949 g/mol. The molecule has 4 heterocycles. The lowest BCUT2D eigenvalue weighted by Crippen LogP contribution is -2.47. The van der Waals surface area contributed by atoms with Crippen LogP contribution in [-0.2, 0) is 104 Å². The van der Waals surface area contributed by atoms with Gasteiger partial charge >= 0.3 is 12.1 Å². The summed E-state index contributed by atoms with van der Waals surface area (Å²) in [5.41, 5.74) is 1.17. The number of carbonyl (C=O) groups is 2. The highest BCUT2D eigenvalue weighted by Crippen LogP contribution is 2.41. The van der Waals surface area contributed by atoms with Gasteiger partial charge in [0.25, 0.3) is 5.56 Å². The van der Waals surface area contributed by atoms with Crippen LogP contribution in [0.15, 0.2) is 41.2 Å². The molecule has 22 nitrogen and oxygen atoms in total. The third kappa shape index (κ3) is 20.6. The summed E-state index contributed by atoms with van der Waals surface area (Å²) in [6, 6.07) is 11.4. The average Bonchev–Trinajstić information content (AvgIpc) is 3.75. The number of ether oxygens (including phenoxy) is 17. The number of rotatable bonds is 44. The summed E-state index contributed by atoms with van der Waals surface area (Å²) in [6.45, 7) is 13.8. The van der Waals surface area contributed by atoms with Gasteiger partial charge in [0.05, 0.1) is 207 Å². The number of aromatic nitrogens is 2. The molecule has 0 N–H and O–H groups in total. The van der Waals surface area contributed by atoms with E-state index in [2.05, 4.69) is 0 Å². The molecule has 0 amide bonds. The van der Waals surface area contributed by atoms with E-state index in [-0.39, 0.29) is 49.5 Å². The minimum absolute atomic E-state index is 0.0186. The Morgan fingerprint density at radius 3 is 1.39 bits per heavy atom. The standard InChI is InChI=1S/C50H74N2O20/c1-3-50(43-37-45-46-41(36-40-6-4-5-7-44(40)51-46)38-52(45)47(53)42(43)39-71-48(50)54)72-49(55)70-35-34-69-33-32-68-31-30-67-29-28-66-27-26-65-25-24-64-23-22-63-21-20-62-19-18-61-17-16-60-15-14-59-13-12-58-11-10-57-9-8-56-2/h4-7,36-37H,3,8-35,38-39H2,1-2H3/t50-/m0/s1. The van der Waals surface area contributed by atoms with E-state index in [1.165, 1.54) is 0 Å². The highest BCUT2D eigenvalue weighted by molar-refractivity contribution is 5.87. The van der Waals surface area contributed by atoms with Crippen molar-refractivity contribution in [3.8, 4) is 11.4 Å². The lowest BCUT2D eigenvalue weighted by Gasteiger charge is -2.35. The van der Waals surface area contributed by atoms with Crippen LogP contribution in [0.1, 0.15) is 30.0 Å². The molecule has 1 atom stereocenters. The second kappa shape index (κ2) is 35.8. The predicted octanol–water partition coefficient (Wildman–Crippen LogP) is 3.10. The van der Waals surface area contributed by atoms with Gasteiger partial charge in [0, 0.05) is 23.6 Å². The third-order valence-corrected chi connectivity index (χ3v) is 11.0. The Bertz CT molecular complexity index is 2040. The lowest BCUT2D eigenvalue weighted by atomic mass is 9.85. The van der Waals surface area contributed by atoms with Gasteiger partial charge in [-0.05, 0) is 24.6 Å². The van der Waals surface area contributed by atoms with Gasteiger partial charge in [-0.1, -0.05) is 25.1 Å². The first-order chi connectivity index (χ1) is 35.5. The number of hydrogen-bond acceptors (Lipinski definition) is 21. The molecule has 2 aliphatic heterocycles. The third-order valence-electron chi connectivity index (χ3n) is 11.0. The van der Waals surface area contributed by atoms with Crippen molar-refractivity contribution in [2.45, 2.75) is 32.1 Å². The highest BCUT2D eigenvalue weighted by atomic mass is 16.7. The fourth-order valence-corrected chi connectivity index (χ4v) is 7.32. The zero-order valence-electron chi connectivity index (χ0n) is 41.9. The van der Waals surface area contributed by atoms with E-state index in [4.69, 9.17) is 85.5 Å². The Hall–Kier alpha value is -4.24. The van der Waals surface area contributed by atoms with Crippen LogP contribution in [0.5, 0.6) is 0 Å². The molecule has 0 aliphatic carbocycles. The zero-order valence-corrected chi connectivity index (χ0v) is 41.9. The molecule has 1 aromatic carbocycles. The van der Waals surface area contributed by atoms with Crippen LogP contribution in [0.4, 0.5) is 4.79 Å². The molecule has 2 aliphatic rings. The van der Waals surface area contributed by atoms with Crippen molar-refractivity contribution in [2.24, 2.45) is 0 Å². The summed E-state index contributed by atoms with van der Waals surface area (Å²) in [5.74, 6) is -0.776. The summed E-state index contributed by atoms with van der Waals surface area (Å²) in [4.78, 5) is 44.7. The van der Waals surface area contributed by atoms with Crippen molar-refractivity contribution in [1.82, 2.24) is 9.55 Å². The van der Waals surface area contributed by atoms with Crippen molar-refractivity contribution in [3.63, 3.8) is 0 Å². The maximum Gasteiger partial charge on any atom is 0.509 e. The molecule has 2 aromatic heterocycles. The largest absolute Gasteiger partial charge is 0.509 e. The summed E-state index contributed by atoms with van der Waals surface area (Å²) in [7, 11) is 1.64. The monoisotopic (exact) mass is 1020 g/mol. The van der Waals surface area contributed by atoms with E-state index in [1.54, 1.807) is 24.7 Å². The number of pyridine rings is 2. The van der Waals surface area contributed by atoms with Crippen LogP contribution in [0.2, 0.25) is 0 Å². The molecule has 0 bridgehead atoms. The van der Waals surface area contributed by atoms with Gasteiger partial charge in [-0.25, -0.2) is 14.6 Å². The maximum atomic E-state index is 13.7. The second-order valence-corrected chi connectivity index (χ2v) is 15.9. The molecule has 0 unspecified atom stereocenters. The summed E-state index contributed by atoms with van der Waals surface area (Å²) < 4.78 is 94.1. The van der Waals surface area contributed by atoms with Gasteiger partial charge in [-0.2, -0.15) is 0 Å². The Morgan fingerprint density at radius 1 is 0.569 bits per heavy atom. The van der Waals surface area contributed by atoms with Crippen molar-refractivity contribution in [1.29, 1.82) is 0 Å². The molecule has 72 heavy (non-hydrogen) atoms. The molecule has 0 saturated carbocycles. The fourth-order valence-electron chi connectivity index (χ4n) is 7.32. The fraction of sp³-hybridized carbons (Fsp3) is 0.680. The van der Waals surface area contributed by atoms with Crippen molar-refractivity contribution in [2.75, 3.05) is 192 Å². The van der Waals surface area contributed by atoms with Crippen molar-refractivity contribution >= 4 is 23.0 Å². The molecule has 404 valence electrons. The van der Waals surface area contributed by atoms with Crippen LogP contribution >= 0.6 is 0 Å². The topological polar surface area (TPSA) is 226 Å². The second-order valence-electron chi connectivity index (χ2n) is 15.9. The Labute approximate surface area is 420 Å². The quantitative estimate of drug-likeness (QED) is 0.0458. The number of cyclic esters (lactones) is 1. The van der Waals surface area contributed by atoms with Crippen LogP contribution < -0.4 is 5.56 Å². The molecule has 0 radical (unpaired) electrons. The molecule has 0 saturated heterocycles. The van der Waals surface area contributed by atoms with Gasteiger partial charge in [-0.15, -0.1) is 0 Å². The predicted molar refractivity (Wildman–Crippen MR) is 257 cm³/mol. The minimum atomic E-state index is -1.87. The first-order valence-electron chi connectivity index (χ1n) is 24.7. The van der Waals surface area contributed by atoms with E-state index in [1.807, 2.05) is 30.3 Å². The average molecular weight is 1020 g/mol. The summed E-state index contributed by atoms with van der Waals surface area (Å²) >= 11 is 0. The highest BCUT2D eigenvalue weighted by Gasteiger charge is 2.51. The van der Waals surface area contributed by atoms with E-state index >= 15 is 0 Å². The number of fused-ring (bicyclic) bond motifs is 5. The van der Waals surface area contributed by atoms with Crippen LogP contribution in [-0.4, -0.2) is 214 Å². The number of para-hydroxylation sites is 1. The first kappa shape index (κ1) is 58.6. The zero-order chi connectivity index (χ0) is 50.7. The van der Waals surface area contributed by atoms with Crippen LogP contribution in [0.25, 0.3) is 22.3 Å². The summed E-state index contributed by atoms with van der Waals surface area (Å²) in [5, 5.41) is 0.956. The number of hydrogen-bond donors (Lipinski definition) is 0. The SMILES string of the molecule is CC[C@@]1(OC(=O)OCCOCCOCCOCCOCCOCCOCCOCCOCCOCCOCCOCCOCCOCCOC)C(=O)OCc2c1cc1n(c2=O)Cc2cc3ccccc3nc2-1. The Morgan fingerprint density at radius 2 is 0.972 bits per heavy atom. The van der Waals surface area contributed by atoms with Gasteiger partial charge in [0.15, 0.2) is 0 Å². The maximum absolute atomic E-state index is 13.7. The Kier molecular flexibility index (Phi) is 29.2. The number of methoxy groups -OCH3 is 1. The van der Waals surface area contributed by atoms with E-state index < -0.39 is 17.7 Å². The van der Waals surface area contributed by atoms with Crippen LogP contribution in [0.3, 0.4) is 0 Å². The molecule has 0 spiro atoms. The number of benzene rings is 1. The van der Waals surface area contributed by atoms with Gasteiger partial charge in [-0.3, -0.25) is 4.79 Å². The van der Waals surface area contributed by atoms with Gasteiger partial charge in [0.2, 0.25) is 5.60 Å². The van der Waals surface area contributed by atoms with E-state index in [0.717, 1.165) is 16.5 Å². The first-order valence-corrected chi connectivity index (χ1v) is 24.7. The van der Waals surface area contributed by atoms with Gasteiger partial charge in [0.1, 0.15) is 13.2 Å². The van der Waals surface area contributed by atoms with Crippen molar-refractivity contribution in [3.05, 3.63) is 63.4 Å². The minimum Gasteiger partial charge on any atom is -0.457 e. The molecule has 0 fully saturated rings. The lowest BCUT2D eigenvalue weighted by molar-refractivity contribution is -0.175. The Balaban J connectivity index is 0.740. The molecule has 5 rings (SSSR count). The van der Waals surface area contributed by atoms with E-state index in [0.29, 0.717) is 183 Å². The molecule has 3 aromatic rings. The number of nitrogens with zero attached hydrogens (tertiary/aromatic N) is 2. The smallest absolute Gasteiger partial charge is 0.457 e.